The first-order valence-corrected chi connectivity index (χ1v) is 4.43. The van der Waals surface area contributed by atoms with Gasteiger partial charge in [-0.15, -0.1) is 0 Å². The largest absolute Gasteiger partial charge is 0.441 e. The van der Waals surface area contributed by atoms with E-state index in [4.69, 9.17) is 10.2 Å². The highest BCUT2D eigenvalue weighted by atomic mass is 16.4. The Labute approximate surface area is 86.6 Å². The number of aromatic nitrogens is 3. The molecule has 0 aliphatic carbocycles. The van der Waals surface area contributed by atoms with Crippen LogP contribution in [0, 0.1) is 6.92 Å². The quantitative estimate of drug-likeness (QED) is 0.762. The summed E-state index contributed by atoms with van der Waals surface area (Å²) >= 11 is 0. The zero-order valence-electron chi connectivity index (χ0n) is 8.48. The molecule has 0 saturated heterocycles. The van der Waals surface area contributed by atoms with E-state index in [2.05, 4.69) is 20.3 Å². The smallest absolute Gasteiger partial charge is 0.233 e. The number of anilines is 2. The number of hydrogen-bond donors (Lipinski definition) is 2. The molecule has 2 aromatic heterocycles. The van der Waals surface area contributed by atoms with Crippen LogP contribution >= 0.6 is 0 Å². The van der Waals surface area contributed by atoms with Crippen LogP contribution in [-0.4, -0.2) is 22.0 Å². The molecular formula is C9H11N5O. The maximum absolute atomic E-state index is 5.75. The Hall–Kier alpha value is -2.11. The lowest BCUT2D eigenvalue weighted by atomic mass is 10.3. The maximum Gasteiger partial charge on any atom is 0.233 e. The first-order valence-electron chi connectivity index (χ1n) is 4.43. The number of nitrogens with one attached hydrogen (secondary N) is 1. The Kier molecular flexibility index (Phi) is 2.24. The minimum Gasteiger partial charge on any atom is -0.441 e. The van der Waals surface area contributed by atoms with Crippen molar-refractivity contribution in [1.82, 2.24) is 15.0 Å². The van der Waals surface area contributed by atoms with Gasteiger partial charge in [-0.05, 0) is 6.92 Å². The molecule has 0 aliphatic heterocycles. The number of aryl methyl sites for hydroxylation is 1. The number of nitrogen functional groups attached to an aromatic ring is 1. The molecule has 0 atom stereocenters. The Morgan fingerprint density at radius 3 is 2.73 bits per heavy atom. The number of rotatable bonds is 2. The van der Waals surface area contributed by atoms with Crippen molar-refractivity contribution in [3.63, 3.8) is 0 Å². The third-order valence-corrected chi connectivity index (χ3v) is 1.95. The van der Waals surface area contributed by atoms with E-state index in [0.717, 1.165) is 5.76 Å². The van der Waals surface area contributed by atoms with Crippen LogP contribution in [-0.2, 0) is 0 Å². The number of nitrogens with zero attached hydrogens (tertiary/aromatic N) is 3. The fourth-order valence-corrected chi connectivity index (χ4v) is 1.27. The van der Waals surface area contributed by atoms with Crippen LogP contribution in [0.4, 0.5) is 11.6 Å². The molecule has 78 valence electrons. The molecule has 0 amide bonds. The average molecular weight is 205 g/mol. The van der Waals surface area contributed by atoms with Gasteiger partial charge in [0.05, 0.1) is 6.20 Å². The van der Waals surface area contributed by atoms with Crippen molar-refractivity contribution in [2.45, 2.75) is 6.92 Å². The van der Waals surface area contributed by atoms with Gasteiger partial charge in [0, 0.05) is 7.05 Å². The maximum atomic E-state index is 5.75. The molecule has 0 fully saturated rings. The van der Waals surface area contributed by atoms with Crippen LogP contribution in [0.3, 0.4) is 0 Å². The van der Waals surface area contributed by atoms with E-state index in [0.29, 0.717) is 23.1 Å². The van der Waals surface area contributed by atoms with Crippen LogP contribution < -0.4 is 11.1 Å². The molecule has 3 N–H and O–H groups in total. The van der Waals surface area contributed by atoms with Crippen LogP contribution in [0.15, 0.2) is 16.9 Å². The summed E-state index contributed by atoms with van der Waals surface area (Å²) in [7, 11) is 1.75. The molecule has 0 unspecified atom stereocenters. The molecule has 2 rings (SSSR count). The van der Waals surface area contributed by atoms with Gasteiger partial charge in [0.15, 0.2) is 0 Å². The third kappa shape index (κ3) is 1.61. The topological polar surface area (TPSA) is 89.9 Å². The molecular weight excluding hydrogens is 194 g/mol. The zero-order valence-corrected chi connectivity index (χ0v) is 8.48. The predicted octanol–water partition coefficient (Wildman–Crippen LogP) is 1.06. The van der Waals surface area contributed by atoms with Gasteiger partial charge < -0.3 is 15.5 Å². The first kappa shape index (κ1) is 9.45. The van der Waals surface area contributed by atoms with Gasteiger partial charge in [-0.2, -0.15) is 0 Å². The molecule has 6 heteroatoms. The summed E-state index contributed by atoms with van der Waals surface area (Å²) in [6, 6.07) is 0. The van der Waals surface area contributed by atoms with Gasteiger partial charge in [0.1, 0.15) is 29.3 Å². The fourth-order valence-electron chi connectivity index (χ4n) is 1.27. The molecule has 2 heterocycles. The van der Waals surface area contributed by atoms with Gasteiger partial charge in [-0.25, -0.2) is 15.0 Å². The van der Waals surface area contributed by atoms with Crippen molar-refractivity contribution in [2.24, 2.45) is 0 Å². The number of hydrogen-bond acceptors (Lipinski definition) is 6. The summed E-state index contributed by atoms with van der Waals surface area (Å²) < 4.78 is 5.38. The van der Waals surface area contributed by atoms with E-state index in [1.807, 2.05) is 6.92 Å². The van der Waals surface area contributed by atoms with Gasteiger partial charge in [0.2, 0.25) is 5.89 Å². The van der Waals surface area contributed by atoms with E-state index >= 15 is 0 Å². The van der Waals surface area contributed by atoms with Crippen LogP contribution in [0.25, 0.3) is 11.5 Å². The molecule has 0 saturated carbocycles. The Bertz CT molecular complexity index is 479. The summed E-state index contributed by atoms with van der Waals surface area (Å²) in [4.78, 5) is 12.0. The predicted molar refractivity (Wildman–Crippen MR) is 56.2 cm³/mol. The molecule has 15 heavy (non-hydrogen) atoms. The van der Waals surface area contributed by atoms with Gasteiger partial charge in [-0.3, -0.25) is 0 Å². The lowest BCUT2D eigenvalue weighted by molar-refractivity contribution is 0.542. The lowest BCUT2D eigenvalue weighted by Crippen LogP contribution is -2.02. The van der Waals surface area contributed by atoms with E-state index in [-0.39, 0.29) is 0 Å². The lowest BCUT2D eigenvalue weighted by Gasteiger charge is -2.05. The highest BCUT2D eigenvalue weighted by Gasteiger charge is 2.15. The van der Waals surface area contributed by atoms with Crippen LogP contribution in [0.5, 0.6) is 0 Å². The van der Waals surface area contributed by atoms with Crippen molar-refractivity contribution >= 4 is 11.6 Å². The normalized spacial score (nSPS) is 10.3. The van der Waals surface area contributed by atoms with Crippen LogP contribution in [0.2, 0.25) is 0 Å². The van der Waals surface area contributed by atoms with E-state index < -0.39 is 0 Å². The summed E-state index contributed by atoms with van der Waals surface area (Å²) in [5.41, 5.74) is 6.34. The summed E-state index contributed by atoms with van der Waals surface area (Å²) in [5.74, 6) is 2.09. The van der Waals surface area contributed by atoms with Crippen molar-refractivity contribution in [3.05, 3.63) is 18.3 Å². The number of nitrogens with two attached hydrogens (primary N) is 1. The Balaban J connectivity index is 2.60. The minimum atomic E-state index is 0.344. The SMILES string of the molecule is CNc1ncnc(N)c1-c1ncc(C)o1. The summed E-state index contributed by atoms with van der Waals surface area (Å²) in [6.45, 7) is 1.82. The monoisotopic (exact) mass is 205 g/mol. The van der Waals surface area contributed by atoms with Crippen molar-refractivity contribution in [1.29, 1.82) is 0 Å². The summed E-state index contributed by atoms with van der Waals surface area (Å²) in [6.07, 6.45) is 3.02. The second kappa shape index (κ2) is 3.56. The average Bonchev–Trinajstić information content (AvgIpc) is 2.64. The molecule has 2 aromatic rings. The zero-order chi connectivity index (χ0) is 10.8. The van der Waals surface area contributed by atoms with Crippen molar-refractivity contribution < 1.29 is 4.42 Å². The fraction of sp³-hybridized carbons (Fsp3) is 0.222. The van der Waals surface area contributed by atoms with Gasteiger partial charge in [0.25, 0.3) is 0 Å². The molecule has 0 aliphatic rings. The standard InChI is InChI=1S/C9H11N5O/c1-5-3-12-9(15-5)6-7(10)13-4-14-8(6)11-2/h3-4H,1-2H3,(H3,10,11,13,14). The molecule has 0 spiro atoms. The van der Waals surface area contributed by atoms with E-state index in [1.165, 1.54) is 6.33 Å². The minimum absolute atomic E-state index is 0.344. The number of oxazole rings is 1. The summed E-state index contributed by atoms with van der Waals surface area (Å²) in [5, 5.41) is 2.91. The van der Waals surface area contributed by atoms with E-state index in [9.17, 15) is 0 Å². The Morgan fingerprint density at radius 1 is 1.33 bits per heavy atom. The Morgan fingerprint density at radius 2 is 2.13 bits per heavy atom. The highest BCUT2D eigenvalue weighted by molar-refractivity contribution is 5.78. The van der Waals surface area contributed by atoms with Gasteiger partial charge in [-0.1, -0.05) is 0 Å². The molecule has 6 nitrogen and oxygen atoms in total. The molecule has 0 radical (unpaired) electrons. The van der Waals surface area contributed by atoms with E-state index in [1.54, 1.807) is 13.2 Å². The van der Waals surface area contributed by atoms with Gasteiger partial charge >= 0.3 is 0 Å². The molecule has 0 bridgehead atoms. The molecule has 0 aromatic carbocycles. The van der Waals surface area contributed by atoms with Crippen LogP contribution in [0.1, 0.15) is 5.76 Å². The second-order valence-electron chi connectivity index (χ2n) is 3.01. The van der Waals surface area contributed by atoms with Crippen molar-refractivity contribution in [2.75, 3.05) is 18.1 Å². The highest BCUT2D eigenvalue weighted by Crippen LogP contribution is 2.29. The third-order valence-electron chi connectivity index (χ3n) is 1.95. The second-order valence-corrected chi connectivity index (χ2v) is 3.01. The van der Waals surface area contributed by atoms with Crippen molar-refractivity contribution in [3.8, 4) is 11.5 Å². The first-order chi connectivity index (χ1) is 7.22.